The molecule has 3 amide bonds. The molecule has 29 heavy (non-hydrogen) atoms. The van der Waals surface area contributed by atoms with Crippen LogP contribution in [0, 0.1) is 6.92 Å². The Morgan fingerprint density at radius 1 is 1.10 bits per heavy atom. The zero-order valence-electron chi connectivity index (χ0n) is 16.4. The van der Waals surface area contributed by atoms with Crippen molar-refractivity contribution in [3.63, 3.8) is 0 Å². The number of imide groups is 1. The van der Waals surface area contributed by atoms with Crippen LogP contribution >= 0.6 is 11.8 Å². The topological polar surface area (TPSA) is 106 Å². The minimum atomic E-state index is -0.723. The molecule has 0 aliphatic heterocycles. The zero-order valence-corrected chi connectivity index (χ0v) is 17.2. The van der Waals surface area contributed by atoms with Crippen LogP contribution in [0.15, 0.2) is 42.6 Å². The van der Waals surface area contributed by atoms with Crippen molar-refractivity contribution in [3.8, 4) is 0 Å². The van der Waals surface area contributed by atoms with Crippen LogP contribution in [0.25, 0.3) is 0 Å². The largest absolute Gasteiger partial charge is 0.455 e. The number of amides is 3. The van der Waals surface area contributed by atoms with Crippen LogP contribution in [-0.4, -0.2) is 45.9 Å². The number of nitrogens with zero attached hydrogens (tertiary/aromatic N) is 1. The Bertz CT molecular complexity index is 892. The van der Waals surface area contributed by atoms with E-state index in [2.05, 4.69) is 10.6 Å². The van der Waals surface area contributed by atoms with E-state index in [-0.39, 0.29) is 11.7 Å². The van der Waals surface area contributed by atoms with Gasteiger partial charge in [-0.1, -0.05) is 17.7 Å². The summed E-state index contributed by atoms with van der Waals surface area (Å²) < 4.78 is 6.48. The molecule has 0 aliphatic carbocycles. The number of rotatable bonds is 8. The van der Waals surface area contributed by atoms with Crippen molar-refractivity contribution >= 4 is 41.1 Å². The number of thioether (sulfide) groups is 1. The predicted molar refractivity (Wildman–Crippen MR) is 111 cm³/mol. The minimum absolute atomic E-state index is 0.0579. The van der Waals surface area contributed by atoms with Crippen LogP contribution in [0.5, 0.6) is 0 Å². The second-order valence-corrected chi connectivity index (χ2v) is 7.69. The minimum Gasteiger partial charge on any atom is -0.455 e. The molecule has 2 N–H and O–H groups in total. The van der Waals surface area contributed by atoms with E-state index in [0.29, 0.717) is 11.4 Å². The molecule has 0 spiro atoms. The number of hydrogen-bond acceptors (Lipinski definition) is 6. The highest BCUT2D eigenvalue weighted by Crippen LogP contribution is 2.14. The highest BCUT2D eigenvalue weighted by Gasteiger charge is 2.19. The quantitative estimate of drug-likeness (QED) is 0.636. The van der Waals surface area contributed by atoms with Gasteiger partial charge in [-0.2, -0.15) is 0 Å². The number of benzene rings is 1. The second kappa shape index (κ2) is 10.5. The summed E-state index contributed by atoms with van der Waals surface area (Å²) in [5.74, 6) is -2.13. The third-order valence-electron chi connectivity index (χ3n) is 3.91. The fourth-order valence-corrected chi connectivity index (χ4v) is 2.96. The van der Waals surface area contributed by atoms with Gasteiger partial charge in [0.05, 0.1) is 5.75 Å². The Balaban J connectivity index is 1.69. The maximum Gasteiger partial charge on any atom is 0.319 e. The van der Waals surface area contributed by atoms with Crippen LogP contribution in [0.3, 0.4) is 0 Å². The van der Waals surface area contributed by atoms with Gasteiger partial charge in [-0.3, -0.25) is 24.5 Å². The van der Waals surface area contributed by atoms with E-state index in [0.717, 1.165) is 17.3 Å². The summed E-state index contributed by atoms with van der Waals surface area (Å²) in [6.07, 6.45) is 1.67. The molecule has 1 aromatic carbocycles. The molecule has 1 atom stereocenters. The van der Waals surface area contributed by atoms with Crippen molar-refractivity contribution < 1.29 is 23.9 Å². The van der Waals surface area contributed by atoms with Gasteiger partial charge in [0.25, 0.3) is 11.8 Å². The Kier molecular flexibility index (Phi) is 8.02. The van der Waals surface area contributed by atoms with Crippen LogP contribution in [0.1, 0.15) is 23.0 Å². The summed E-state index contributed by atoms with van der Waals surface area (Å²) in [7, 11) is 1.67. The molecule has 1 heterocycles. The third kappa shape index (κ3) is 7.11. The standard InChI is InChI=1S/C20H23N3O5S/c1-13-6-8-15(9-7-13)21-18(25)12-29-14(2)20(27)28-11-17(24)22-19(26)16-5-4-10-23(16)3/h4-10,14H,11-12H2,1-3H3,(H,21,25)(H,22,24,26)/t14-/m0/s1. The van der Waals surface area contributed by atoms with E-state index in [1.54, 1.807) is 49.0 Å². The Labute approximate surface area is 173 Å². The SMILES string of the molecule is Cc1ccc(NC(=O)CS[C@@H](C)C(=O)OCC(=O)NC(=O)c2cccn2C)cc1. The van der Waals surface area contributed by atoms with Crippen LogP contribution < -0.4 is 10.6 Å². The van der Waals surface area contributed by atoms with Gasteiger partial charge in [0, 0.05) is 18.9 Å². The number of esters is 1. The van der Waals surface area contributed by atoms with E-state index >= 15 is 0 Å². The molecule has 0 fully saturated rings. The smallest absolute Gasteiger partial charge is 0.319 e. The number of hydrogen-bond donors (Lipinski definition) is 2. The number of aromatic nitrogens is 1. The summed E-state index contributed by atoms with van der Waals surface area (Å²) in [6.45, 7) is 2.96. The highest BCUT2D eigenvalue weighted by atomic mass is 32.2. The molecule has 0 saturated heterocycles. The molecule has 154 valence electrons. The van der Waals surface area contributed by atoms with Gasteiger partial charge < -0.3 is 14.6 Å². The van der Waals surface area contributed by atoms with Crippen molar-refractivity contribution in [2.24, 2.45) is 7.05 Å². The molecule has 9 heteroatoms. The highest BCUT2D eigenvalue weighted by molar-refractivity contribution is 8.01. The maximum atomic E-state index is 12.0. The van der Waals surface area contributed by atoms with E-state index in [9.17, 15) is 19.2 Å². The number of anilines is 1. The van der Waals surface area contributed by atoms with E-state index in [4.69, 9.17) is 4.74 Å². The molecule has 0 unspecified atom stereocenters. The number of carbonyl (C=O) groups is 4. The normalized spacial score (nSPS) is 11.4. The molecule has 0 aliphatic rings. The van der Waals surface area contributed by atoms with Gasteiger partial charge in [0.15, 0.2) is 6.61 Å². The van der Waals surface area contributed by atoms with Crippen LogP contribution in [0.2, 0.25) is 0 Å². The lowest BCUT2D eigenvalue weighted by molar-refractivity contribution is -0.147. The number of ether oxygens (including phenoxy) is 1. The molecule has 2 rings (SSSR count). The average Bonchev–Trinajstić information content (AvgIpc) is 3.12. The number of aryl methyl sites for hydroxylation is 2. The van der Waals surface area contributed by atoms with Crippen LogP contribution in [0.4, 0.5) is 5.69 Å². The first-order valence-electron chi connectivity index (χ1n) is 8.86. The Morgan fingerprint density at radius 2 is 1.79 bits per heavy atom. The molecule has 0 saturated carbocycles. The van der Waals surface area contributed by atoms with Crippen molar-refractivity contribution in [2.75, 3.05) is 17.7 Å². The zero-order chi connectivity index (χ0) is 21.4. The van der Waals surface area contributed by atoms with Crippen molar-refractivity contribution in [3.05, 3.63) is 53.9 Å². The lowest BCUT2D eigenvalue weighted by Crippen LogP contribution is -2.35. The molecular formula is C20H23N3O5S. The van der Waals surface area contributed by atoms with Crippen molar-refractivity contribution in [1.82, 2.24) is 9.88 Å². The van der Waals surface area contributed by atoms with Crippen molar-refractivity contribution in [2.45, 2.75) is 19.1 Å². The van der Waals surface area contributed by atoms with Crippen molar-refractivity contribution in [1.29, 1.82) is 0 Å². The Hall–Kier alpha value is -3.07. The summed E-state index contributed by atoms with van der Waals surface area (Å²) in [4.78, 5) is 47.7. The first kappa shape index (κ1) is 22.2. The number of carbonyl (C=O) groups excluding carboxylic acids is 4. The summed E-state index contributed by atoms with van der Waals surface area (Å²) >= 11 is 1.09. The van der Waals surface area contributed by atoms with Gasteiger partial charge >= 0.3 is 5.97 Å². The lowest BCUT2D eigenvalue weighted by Gasteiger charge is -2.11. The van der Waals surface area contributed by atoms with Gasteiger partial charge in [-0.25, -0.2) is 0 Å². The third-order valence-corrected chi connectivity index (χ3v) is 5.03. The van der Waals surface area contributed by atoms with Gasteiger partial charge in [-0.15, -0.1) is 11.8 Å². The van der Waals surface area contributed by atoms with E-state index in [1.807, 2.05) is 19.1 Å². The maximum absolute atomic E-state index is 12.0. The number of nitrogens with one attached hydrogen (secondary N) is 2. The summed E-state index contributed by atoms with van der Waals surface area (Å²) in [6, 6.07) is 10.6. The van der Waals surface area contributed by atoms with Gasteiger partial charge in [0.2, 0.25) is 5.91 Å². The summed E-state index contributed by atoms with van der Waals surface area (Å²) in [5, 5.41) is 4.25. The van der Waals surface area contributed by atoms with Gasteiger partial charge in [-0.05, 0) is 38.1 Å². The average molecular weight is 417 g/mol. The monoisotopic (exact) mass is 417 g/mol. The fourth-order valence-electron chi connectivity index (χ4n) is 2.28. The Morgan fingerprint density at radius 3 is 2.41 bits per heavy atom. The van der Waals surface area contributed by atoms with E-state index in [1.165, 1.54) is 0 Å². The van der Waals surface area contributed by atoms with Crippen LogP contribution in [-0.2, 0) is 26.2 Å². The molecule has 0 bridgehead atoms. The molecule has 8 nitrogen and oxygen atoms in total. The molecule has 0 radical (unpaired) electrons. The summed E-state index contributed by atoms with van der Waals surface area (Å²) in [5.41, 5.74) is 2.08. The lowest BCUT2D eigenvalue weighted by atomic mass is 10.2. The molecular weight excluding hydrogens is 394 g/mol. The second-order valence-electron chi connectivity index (χ2n) is 6.36. The van der Waals surface area contributed by atoms with Gasteiger partial charge in [0.1, 0.15) is 10.9 Å². The molecule has 1 aromatic heterocycles. The van der Waals surface area contributed by atoms with E-state index < -0.39 is 29.6 Å². The first-order valence-corrected chi connectivity index (χ1v) is 9.91. The fraction of sp³-hybridized carbons (Fsp3) is 0.300. The molecule has 2 aromatic rings. The predicted octanol–water partition coefficient (Wildman–Crippen LogP) is 1.89. The first-order chi connectivity index (χ1) is 13.8.